The zero-order chi connectivity index (χ0) is 40.1. The Labute approximate surface area is 341 Å². The zero-order valence-electron chi connectivity index (χ0n) is 33.2. The third-order valence-electron chi connectivity index (χ3n) is 12.2. The Morgan fingerprint density at radius 1 is 1.03 bits per heavy atom. The SMILES string of the molecule is Cc1ncsc1-c1ccc(CNC(=O)C2CCCN2C(=O)C(c2cc(OCCN3CC4C(C3)C4n3c(C)cc4nnc(-c5ccccc5O)cc43)no2)C(C)C)cc1. The summed E-state index contributed by atoms with van der Waals surface area (Å²) in [5.74, 6) is 1.14. The number of para-hydroxylation sites is 1. The summed E-state index contributed by atoms with van der Waals surface area (Å²) >= 11 is 1.61. The lowest BCUT2D eigenvalue weighted by Crippen LogP contribution is -2.47. The summed E-state index contributed by atoms with van der Waals surface area (Å²) in [5, 5.41) is 26.6. The molecule has 2 N–H and O–H groups in total. The van der Waals surface area contributed by atoms with Crippen LogP contribution in [0.3, 0.4) is 0 Å². The molecule has 4 unspecified atom stereocenters. The number of likely N-dealkylation sites (tertiary alicyclic amines) is 2. The van der Waals surface area contributed by atoms with E-state index in [0.717, 1.165) is 64.5 Å². The minimum absolute atomic E-state index is 0.0762. The van der Waals surface area contributed by atoms with Crippen molar-refractivity contribution in [2.24, 2.45) is 17.8 Å². The highest BCUT2D eigenvalue weighted by molar-refractivity contribution is 7.13. The maximum Gasteiger partial charge on any atom is 0.254 e. The van der Waals surface area contributed by atoms with Crippen LogP contribution in [0.1, 0.15) is 61.4 Å². The fourth-order valence-electron chi connectivity index (χ4n) is 9.15. The van der Waals surface area contributed by atoms with Gasteiger partial charge in [-0.15, -0.1) is 21.5 Å². The van der Waals surface area contributed by atoms with Crippen molar-refractivity contribution in [2.75, 3.05) is 32.8 Å². The molecule has 300 valence electrons. The molecule has 1 saturated carbocycles. The number of phenolic OH excluding ortho intramolecular Hbond substituents is 1. The Morgan fingerprint density at radius 3 is 2.57 bits per heavy atom. The lowest BCUT2D eigenvalue weighted by Gasteiger charge is -2.28. The van der Waals surface area contributed by atoms with Crippen LogP contribution >= 0.6 is 11.3 Å². The molecule has 13 nitrogen and oxygen atoms in total. The number of thiazole rings is 1. The molecule has 0 spiro atoms. The van der Waals surface area contributed by atoms with E-state index < -0.39 is 12.0 Å². The summed E-state index contributed by atoms with van der Waals surface area (Å²) in [7, 11) is 0. The minimum atomic E-state index is -0.586. The van der Waals surface area contributed by atoms with Gasteiger partial charge in [-0.3, -0.25) is 14.5 Å². The summed E-state index contributed by atoms with van der Waals surface area (Å²) in [6.07, 6.45) is 1.38. The zero-order valence-corrected chi connectivity index (χ0v) is 34.0. The van der Waals surface area contributed by atoms with Gasteiger partial charge in [0.2, 0.25) is 11.8 Å². The monoisotopic (exact) mass is 800 g/mol. The smallest absolute Gasteiger partial charge is 0.254 e. The fraction of sp³-hybridized carbons (Fsp3) is 0.409. The number of carbonyl (C=O) groups excluding carboxylic acids is 2. The molecule has 3 fully saturated rings. The van der Waals surface area contributed by atoms with Crippen molar-refractivity contribution in [1.82, 2.24) is 40.0 Å². The number of aryl methyl sites for hydroxylation is 2. The number of benzene rings is 2. The number of rotatable bonds is 13. The van der Waals surface area contributed by atoms with Crippen LogP contribution < -0.4 is 10.1 Å². The van der Waals surface area contributed by atoms with Crippen LogP contribution in [0.15, 0.2) is 76.8 Å². The van der Waals surface area contributed by atoms with Crippen LogP contribution in [0.5, 0.6) is 11.6 Å². The van der Waals surface area contributed by atoms with Gasteiger partial charge in [-0.05, 0) is 85.0 Å². The molecule has 14 heteroatoms. The molecule has 2 aliphatic heterocycles. The third-order valence-corrected chi connectivity index (χ3v) is 13.1. The predicted octanol–water partition coefficient (Wildman–Crippen LogP) is 6.76. The molecule has 3 aliphatic rings. The topological polar surface area (TPSA) is 152 Å². The molecule has 0 radical (unpaired) electrons. The first-order chi connectivity index (χ1) is 28.1. The molecule has 9 rings (SSSR count). The Balaban J connectivity index is 0.772. The van der Waals surface area contributed by atoms with Crippen molar-refractivity contribution in [2.45, 2.75) is 65.1 Å². The number of ether oxygens (including phenoxy) is 1. The molecule has 58 heavy (non-hydrogen) atoms. The van der Waals surface area contributed by atoms with E-state index in [9.17, 15) is 14.7 Å². The molecule has 4 aromatic heterocycles. The van der Waals surface area contributed by atoms with Crippen LogP contribution in [-0.2, 0) is 16.1 Å². The number of piperidine rings is 1. The van der Waals surface area contributed by atoms with Gasteiger partial charge in [0.25, 0.3) is 5.88 Å². The normalized spacial score (nSPS) is 20.8. The van der Waals surface area contributed by atoms with Gasteiger partial charge in [0.1, 0.15) is 29.8 Å². The van der Waals surface area contributed by atoms with E-state index >= 15 is 0 Å². The number of nitrogens with zero attached hydrogens (tertiary/aromatic N) is 7. The van der Waals surface area contributed by atoms with Gasteiger partial charge < -0.3 is 29.2 Å². The van der Waals surface area contributed by atoms with E-state index in [-0.39, 0.29) is 23.5 Å². The van der Waals surface area contributed by atoms with Crippen molar-refractivity contribution < 1.29 is 24.0 Å². The Hall–Kier alpha value is -5.60. The van der Waals surface area contributed by atoms with Gasteiger partial charge in [0, 0.05) is 56.1 Å². The summed E-state index contributed by atoms with van der Waals surface area (Å²) in [6.45, 7) is 12.1. The second-order valence-corrected chi connectivity index (χ2v) is 17.1. The van der Waals surface area contributed by atoms with Crippen molar-refractivity contribution in [1.29, 1.82) is 0 Å². The number of phenols is 1. The Morgan fingerprint density at radius 2 is 1.83 bits per heavy atom. The highest BCUT2D eigenvalue weighted by Crippen LogP contribution is 2.56. The van der Waals surface area contributed by atoms with Crippen molar-refractivity contribution in [3.8, 4) is 33.3 Å². The highest BCUT2D eigenvalue weighted by atomic mass is 32.1. The van der Waals surface area contributed by atoms with E-state index in [0.29, 0.717) is 66.9 Å². The predicted molar refractivity (Wildman–Crippen MR) is 220 cm³/mol. The molecule has 2 aromatic carbocycles. The first-order valence-corrected chi connectivity index (χ1v) is 21.1. The molecule has 1 aliphatic carbocycles. The summed E-state index contributed by atoms with van der Waals surface area (Å²) in [4.78, 5) is 37.1. The summed E-state index contributed by atoms with van der Waals surface area (Å²) in [6, 6.07) is 21.1. The van der Waals surface area contributed by atoms with E-state index in [1.165, 1.54) is 0 Å². The van der Waals surface area contributed by atoms with Gasteiger partial charge in [-0.1, -0.05) is 50.2 Å². The standard InChI is InChI=1S/C44H48N8O5S/c1-25(2)40(44(55)51-15-7-9-35(51)43(54)45-21-28-11-13-29(14-12-28)42-27(4)46-24-58-42)38-20-39(49-57-38)56-17-16-50-22-31-32(23-50)41(31)52-26(3)18-34-36(52)19-33(47-48-34)30-8-5-6-10-37(30)53/h5-6,8,10-14,18-20,24-25,31-32,35,40-41,53H,7,9,15-17,21-23H2,1-4H3,(H,45,54). The second-order valence-electron chi connectivity index (χ2n) is 16.3. The molecule has 4 atom stereocenters. The van der Waals surface area contributed by atoms with Gasteiger partial charge >= 0.3 is 0 Å². The molecular formula is C44H48N8O5S. The van der Waals surface area contributed by atoms with E-state index in [4.69, 9.17) is 9.26 Å². The van der Waals surface area contributed by atoms with Gasteiger partial charge in [0.15, 0.2) is 5.76 Å². The largest absolute Gasteiger partial charge is 0.507 e. The lowest BCUT2D eigenvalue weighted by atomic mass is 9.91. The van der Waals surface area contributed by atoms with Gasteiger partial charge in [-0.2, -0.15) is 0 Å². The number of hydrogen-bond acceptors (Lipinski definition) is 11. The molecular weight excluding hydrogens is 753 g/mol. The van der Waals surface area contributed by atoms with Crippen LogP contribution in [0.25, 0.3) is 32.7 Å². The minimum Gasteiger partial charge on any atom is -0.507 e. The lowest BCUT2D eigenvalue weighted by molar-refractivity contribution is -0.140. The van der Waals surface area contributed by atoms with Crippen LogP contribution in [0, 0.1) is 31.6 Å². The van der Waals surface area contributed by atoms with Crippen LogP contribution in [-0.4, -0.2) is 90.5 Å². The molecule has 6 aromatic rings. The number of hydrogen-bond donors (Lipinski definition) is 2. The average Bonchev–Trinajstić information content (AvgIpc) is 3.92. The second kappa shape index (κ2) is 15.6. The number of aromatic hydroxyl groups is 1. The molecule has 2 saturated heterocycles. The highest BCUT2D eigenvalue weighted by Gasteiger charge is 2.57. The maximum atomic E-state index is 14.1. The van der Waals surface area contributed by atoms with E-state index in [1.54, 1.807) is 34.4 Å². The Kier molecular flexibility index (Phi) is 10.2. The number of fused-ring (bicyclic) bond motifs is 2. The quantitative estimate of drug-likeness (QED) is 0.128. The number of nitrogens with one attached hydrogen (secondary N) is 1. The number of carbonyl (C=O) groups is 2. The van der Waals surface area contributed by atoms with Crippen LogP contribution in [0.2, 0.25) is 0 Å². The van der Waals surface area contributed by atoms with Gasteiger partial charge in [0.05, 0.1) is 27.3 Å². The number of amides is 2. The van der Waals surface area contributed by atoms with Crippen LogP contribution in [0.4, 0.5) is 0 Å². The van der Waals surface area contributed by atoms with Crippen molar-refractivity contribution in [3.05, 3.63) is 95.0 Å². The first-order valence-electron chi connectivity index (χ1n) is 20.2. The van der Waals surface area contributed by atoms with E-state index in [2.05, 4.69) is 60.2 Å². The maximum absolute atomic E-state index is 14.1. The van der Waals surface area contributed by atoms with Crippen molar-refractivity contribution >= 4 is 34.2 Å². The van der Waals surface area contributed by atoms with Crippen molar-refractivity contribution in [3.63, 3.8) is 0 Å². The van der Waals surface area contributed by atoms with Gasteiger partial charge in [-0.25, -0.2) is 4.98 Å². The average molecular weight is 801 g/mol. The molecule has 6 heterocycles. The Bertz CT molecular complexity index is 2450. The van der Waals surface area contributed by atoms with E-state index in [1.807, 2.05) is 56.6 Å². The summed E-state index contributed by atoms with van der Waals surface area (Å²) < 4.78 is 14.2. The third kappa shape index (κ3) is 7.23. The first kappa shape index (κ1) is 37.9. The molecule has 2 amide bonds. The molecule has 0 bridgehead atoms. The fourth-order valence-corrected chi connectivity index (χ4v) is 9.96. The number of aromatic nitrogens is 5. The summed E-state index contributed by atoms with van der Waals surface area (Å²) in [5.41, 5.74) is 9.36.